The first-order chi connectivity index (χ1) is 19.0. The van der Waals surface area contributed by atoms with E-state index < -0.39 is 6.17 Å². The Bertz CT molecular complexity index is 1430. The average molecular weight is 553 g/mol. The molecule has 1 unspecified atom stereocenters. The molecule has 204 valence electrons. The first kappa shape index (κ1) is 24.9. The van der Waals surface area contributed by atoms with Gasteiger partial charge in [-0.25, -0.2) is 9.37 Å². The van der Waals surface area contributed by atoms with Crippen molar-refractivity contribution in [2.24, 2.45) is 0 Å². The molecule has 11 heteroatoms. The minimum atomic E-state index is -0.839. The molecule has 39 heavy (non-hydrogen) atoms. The molecule has 3 saturated heterocycles. The smallest absolute Gasteiger partial charge is 0.318 e. The summed E-state index contributed by atoms with van der Waals surface area (Å²) in [6.07, 6.45) is 2.38. The highest BCUT2D eigenvalue weighted by atomic mass is 35.5. The van der Waals surface area contributed by atoms with Gasteiger partial charge in [0.25, 0.3) is 5.91 Å². The third kappa shape index (κ3) is 4.38. The maximum Gasteiger partial charge on any atom is 0.318 e. The minimum absolute atomic E-state index is 0.215. The van der Waals surface area contributed by atoms with Crippen molar-refractivity contribution in [3.05, 3.63) is 46.7 Å². The highest BCUT2D eigenvalue weighted by molar-refractivity contribution is 6.30. The Kier molecular flexibility index (Phi) is 6.28. The predicted octanol–water partition coefficient (Wildman–Crippen LogP) is 4.02. The fourth-order valence-electron chi connectivity index (χ4n) is 6.59. The number of fused-ring (bicyclic) bond motifs is 3. The highest BCUT2D eigenvalue weighted by Crippen LogP contribution is 2.41. The zero-order valence-corrected chi connectivity index (χ0v) is 22.4. The lowest BCUT2D eigenvalue weighted by Crippen LogP contribution is -2.43. The lowest BCUT2D eigenvalue weighted by molar-refractivity contribution is 0.0995. The number of ether oxygens (including phenoxy) is 2. The summed E-state index contributed by atoms with van der Waals surface area (Å²) in [5, 5.41) is 2.05. The van der Waals surface area contributed by atoms with Gasteiger partial charge in [0, 0.05) is 38.0 Å². The molecule has 0 N–H and O–H groups in total. The Balaban J connectivity index is 1.26. The standard InChI is InChI=1S/C28H30ClFN6O3/c29-22-13-18-5-1-2-6-20(18)24(32-22)36-16-21-23(26(36)37)25(34-8-4-11-38-12-10-34)33-27(31-21)39-17-28-7-3-9-35(28)15-19(30)14-28/h1-2,5-6,13,19H,3-4,7-12,14-17H2/t19-,28?/m1/s1. The molecule has 0 radical (unpaired) electrons. The summed E-state index contributed by atoms with van der Waals surface area (Å²) in [6, 6.07) is 9.74. The molecule has 0 bridgehead atoms. The molecule has 7 rings (SSSR count). The lowest BCUT2D eigenvalue weighted by atomic mass is 9.95. The van der Waals surface area contributed by atoms with Crippen molar-refractivity contribution in [2.75, 3.05) is 55.8 Å². The van der Waals surface area contributed by atoms with Crippen molar-refractivity contribution in [3.8, 4) is 6.01 Å². The topological polar surface area (TPSA) is 83.9 Å². The fourth-order valence-corrected chi connectivity index (χ4v) is 6.78. The maximum absolute atomic E-state index is 14.3. The molecule has 3 aromatic rings. The third-order valence-corrected chi connectivity index (χ3v) is 8.60. The molecule has 0 saturated carbocycles. The van der Waals surface area contributed by atoms with E-state index in [2.05, 4.69) is 14.8 Å². The van der Waals surface area contributed by atoms with Gasteiger partial charge in [0.2, 0.25) is 0 Å². The van der Waals surface area contributed by atoms with Gasteiger partial charge in [0.15, 0.2) is 0 Å². The van der Waals surface area contributed by atoms with Crippen molar-refractivity contribution in [3.63, 3.8) is 0 Å². The predicted molar refractivity (Wildman–Crippen MR) is 145 cm³/mol. The van der Waals surface area contributed by atoms with Crippen LogP contribution < -0.4 is 14.5 Å². The van der Waals surface area contributed by atoms with E-state index in [9.17, 15) is 9.18 Å². The summed E-state index contributed by atoms with van der Waals surface area (Å²) in [4.78, 5) is 34.0. The van der Waals surface area contributed by atoms with E-state index in [1.54, 1.807) is 11.0 Å². The number of nitrogens with zero attached hydrogens (tertiary/aromatic N) is 6. The van der Waals surface area contributed by atoms with Crippen LogP contribution in [0.4, 0.5) is 16.0 Å². The molecule has 6 heterocycles. The zero-order valence-electron chi connectivity index (χ0n) is 21.6. The highest BCUT2D eigenvalue weighted by Gasteiger charge is 2.49. The number of rotatable bonds is 5. The molecule has 2 aromatic heterocycles. The van der Waals surface area contributed by atoms with Gasteiger partial charge in [-0.1, -0.05) is 35.9 Å². The Labute approximate surface area is 230 Å². The van der Waals surface area contributed by atoms with Crippen molar-refractivity contribution < 1.29 is 18.7 Å². The van der Waals surface area contributed by atoms with Gasteiger partial charge < -0.3 is 14.4 Å². The van der Waals surface area contributed by atoms with Crippen LogP contribution in [0.1, 0.15) is 41.7 Å². The second kappa shape index (κ2) is 9.83. The summed E-state index contributed by atoms with van der Waals surface area (Å²) in [7, 11) is 0. The number of carbonyl (C=O) groups is 1. The summed E-state index contributed by atoms with van der Waals surface area (Å²) < 4.78 is 26.2. The van der Waals surface area contributed by atoms with Gasteiger partial charge in [-0.15, -0.1) is 0 Å². The number of halogens is 2. The molecular formula is C28H30ClFN6O3. The van der Waals surface area contributed by atoms with Crippen molar-refractivity contribution in [1.29, 1.82) is 0 Å². The quantitative estimate of drug-likeness (QED) is 0.439. The van der Waals surface area contributed by atoms with E-state index in [-0.39, 0.29) is 24.0 Å². The Morgan fingerprint density at radius 3 is 2.92 bits per heavy atom. The molecule has 9 nitrogen and oxygen atoms in total. The molecule has 3 fully saturated rings. The summed E-state index contributed by atoms with van der Waals surface area (Å²) in [5.41, 5.74) is 0.733. The van der Waals surface area contributed by atoms with Gasteiger partial charge in [-0.05, 0) is 37.3 Å². The van der Waals surface area contributed by atoms with E-state index in [0.717, 1.165) is 36.6 Å². The van der Waals surface area contributed by atoms with Crippen LogP contribution in [0.15, 0.2) is 30.3 Å². The molecule has 0 aliphatic carbocycles. The van der Waals surface area contributed by atoms with Gasteiger partial charge in [0.05, 0.1) is 24.4 Å². The Hall–Kier alpha value is -3.08. The van der Waals surface area contributed by atoms with Crippen molar-refractivity contribution in [2.45, 2.75) is 43.9 Å². The first-order valence-electron chi connectivity index (χ1n) is 13.6. The van der Waals surface area contributed by atoms with Crippen LogP contribution in [-0.2, 0) is 11.3 Å². The number of hydrogen-bond acceptors (Lipinski definition) is 8. The van der Waals surface area contributed by atoms with Crippen LogP contribution in [0.2, 0.25) is 5.15 Å². The normalized spacial score (nSPS) is 25.3. The number of amides is 1. The monoisotopic (exact) mass is 552 g/mol. The largest absolute Gasteiger partial charge is 0.461 e. The van der Waals surface area contributed by atoms with Crippen LogP contribution >= 0.6 is 11.6 Å². The number of pyridine rings is 1. The molecule has 4 aliphatic rings. The lowest BCUT2D eigenvalue weighted by Gasteiger charge is -2.31. The number of aromatic nitrogens is 3. The molecule has 2 atom stereocenters. The van der Waals surface area contributed by atoms with Crippen LogP contribution in [0.5, 0.6) is 6.01 Å². The summed E-state index contributed by atoms with van der Waals surface area (Å²) in [5.74, 6) is 0.831. The van der Waals surface area contributed by atoms with Crippen LogP contribution in [0.25, 0.3) is 10.8 Å². The summed E-state index contributed by atoms with van der Waals surface area (Å²) in [6.45, 7) is 4.41. The van der Waals surface area contributed by atoms with Crippen LogP contribution in [-0.4, -0.2) is 83.5 Å². The fraction of sp³-hybridized carbons (Fsp3) is 0.500. The van der Waals surface area contributed by atoms with E-state index >= 15 is 0 Å². The van der Waals surface area contributed by atoms with E-state index in [1.807, 2.05) is 24.3 Å². The van der Waals surface area contributed by atoms with E-state index in [4.69, 9.17) is 31.0 Å². The zero-order chi connectivity index (χ0) is 26.6. The molecule has 0 spiro atoms. The summed E-state index contributed by atoms with van der Waals surface area (Å²) >= 11 is 6.37. The molecular weight excluding hydrogens is 523 g/mol. The van der Waals surface area contributed by atoms with E-state index in [1.165, 1.54) is 0 Å². The first-order valence-corrected chi connectivity index (χ1v) is 14.0. The van der Waals surface area contributed by atoms with Crippen LogP contribution in [0.3, 0.4) is 0 Å². The third-order valence-electron chi connectivity index (χ3n) is 8.41. The SMILES string of the molecule is O=C1c2c(nc(OCC34CCCN3C[C@H](F)C4)nc2N2CCCOCC2)CN1c1nc(Cl)cc2ccccc12. The van der Waals surface area contributed by atoms with E-state index in [0.29, 0.717) is 73.9 Å². The van der Waals surface area contributed by atoms with Gasteiger partial charge >= 0.3 is 6.01 Å². The maximum atomic E-state index is 14.3. The number of benzene rings is 1. The number of carbonyl (C=O) groups excluding carboxylic acids is 1. The molecule has 1 aromatic carbocycles. The minimum Gasteiger partial charge on any atom is -0.461 e. The molecule has 4 aliphatic heterocycles. The van der Waals surface area contributed by atoms with Gasteiger partial charge in [-0.3, -0.25) is 14.6 Å². The molecule has 1 amide bonds. The second-order valence-electron chi connectivity index (χ2n) is 10.8. The van der Waals surface area contributed by atoms with Crippen molar-refractivity contribution >= 4 is 39.9 Å². The van der Waals surface area contributed by atoms with Gasteiger partial charge in [-0.2, -0.15) is 9.97 Å². The van der Waals surface area contributed by atoms with Gasteiger partial charge in [0.1, 0.15) is 35.1 Å². The number of alkyl halides is 1. The van der Waals surface area contributed by atoms with Crippen LogP contribution in [0, 0.1) is 0 Å². The second-order valence-corrected chi connectivity index (χ2v) is 11.2. The van der Waals surface area contributed by atoms with Crippen molar-refractivity contribution in [1.82, 2.24) is 19.9 Å². The average Bonchev–Trinajstić information content (AvgIpc) is 3.46. The Morgan fingerprint density at radius 1 is 1.10 bits per heavy atom. The Morgan fingerprint density at radius 2 is 2.00 bits per heavy atom. The number of anilines is 2. The number of hydrogen-bond donors (Lipinski definition) is 0.